The Bertz CT molecular complexity index is 1380. The quantitative estimate of drug-likeness (QED) is 0.365. The maximum atomic E-state index is 13.0. The lowest BCUT2D eigenvalue weighted by molar-refractivity contribution is -0.137. The standard InChI is InChI=1S/C26H23F3N4O3/c27-26(28,29)19-5-6-21-22(13-19)32-24(31-21)18-4-7-23(30-14-18)33-10-8-20(9-11-33)36-15-16-2-1-3-17(12-16)25(34)35/h1-7,12-14,20H,8-11,15H2,(H,31,32)(H,34,35). The minimum atomic E-state index is -4.41. The van der Waals surface area contributed by atoms with Crippen LogP contribution in [0.4, 0.5) is 19.0 Å². The summed E-state index contributed by atoms with van der Waals surface area (Å²) >= 11 is 0. The van der Waals surface area contributed by atoms with Crippen LogP contribution in [0.15, 0.2) is 60.8 Å². The molecular weight excluding hydrogens is 473 g/mol. The second-order valence-electron chi connectivity index (χ2n) is 8.72. The number of aromatic carboxylic acids is 1. The molecule has 1 fully saturated rings. The van der Waals surface area contributed by atoms with E-state index in [9.17, 15) is 18.0 Å². The van der Waals surface area contributed by atoms with E-state index < -0.39 is 17.7 Å². The lowest BCUT2D eigenvalue weighted by Crippen LogP contribution is -2.37. The van der Waals surface area contributed by atoms with E-state index in [1.807, 2.05) is 18.2 Å². The van der Waals surface area contributed by atoms with Gasteiger partial charge in [-0.3, -0.25) is 0 Å². The number of alkyl halides is 3. The van der Waals surface area contributed by atoms with Crippen molar-refractivity contribution >= 4 is 22.8 Å². The molecule has 186 valence electrons. The maximum Gasteiger partial charge on any atom is 0.416 e. The number of carbonyl (C=O) groups is 1. The third-order valence-corrected chi connectivity index (χ3v) is 6.26. The predicted molar refractivity (Wildman–Crippen MR) is 128 cm³/mol. The molecule has 0 aliphatic carbocycles. The fourth-order valence-electron chi connectivity index (χ4n) is 4.30. The van der Waals surface area contributed by atoms with Crippen molar-refractivity contribution in [1.82, 2.24) is 15.0 Å². The van der Waals surface area contributed by atoms with Crippen molar-refractivity contribution in [3.63, 3.8) is 0 Å². The van der Waals surface area contributed by atoms with Crippen molar-refractivity contribution in [3.05, 3.63) is 77.5 Å². The van der Waals surface area contributed by atoms with Crippen LogP contribution in [-0.4, -0.2) is 45.2 Å². The number of aromatic nitrogens is 3. The van der Waals surface area contributed by atoms with Crippen molar-refractivity contribution < 1.29 is 27.8 Å². The molecule has 2 aromatic carbocycles. The van der Waals surface area contributed by atoms with Gasteiger partial charge in [-0.05, 0) is 60.9 Å². The van der Waals surface area contributed by atoms with Gasteiger partial charge in [-0.2, -0.15) is 13.2 Å². The second-order valence-corrected chi connectivity index (χ2v) is 8.72. The highest BCUT2D eigenvalue weighted by molar-refractivity contribution is 5.87. The van der Waals surface area contributed by atoms with Crippen LogP contribution in [-0.2, 0) is 17.5 Å². The van der Waals surface area contributed by atoms with E-state index >= 15 is 0 Å². The highest BCUT2D eigenvalue weighted by Crippen LogP contribution is 2.32. The Hall–Kier alpha value is -3.92. The number of nitrogens with zero attached hydrogens (tertiary/aromatic N) is 3. The number of hydrogen-bond donors (Lipinski definition) is 2. The molecule has 2 N–H and O–H groups in total. The first-order chi connectivity index (χ1) is 17.3. The van der Waals surface area contributed by atoms with Gasteiger partial charge in [-0.25, -0.2) is 14.8 Å². The molecule has 0 radical (unpaired) electrons. The number of H-pyrrole nitrogens is 1. The van der Waals surface area contributed by atoms with Crippen molar-refractivity contribution in [1.29, 1.82) is 0 Å². The zero-order chi connectivity index (χ0) is 25.3. The molecule has 0 amide bonds. The largest absolute Gasteiger partial charge is 0.478 e. The summed E-state index contributed by atoms with van der Waals surface area (Å²) in [6, 6.07) is 13.9. The number of nitrogens with one attached hydrogen (secondary N) is 1. The smallest absolute Gasteiger partial charge is 0.416 e. The van der Waals surface area contributed by atoms with Gasteiger partial charge in [0.25, 0.3) is 0 Å². The molecule has 3 heterocycles. The van der Waals surface area contributed by atoms with Gasteiger partial charge in [-0.15, -0.1) is 0 Å². The van der Waals surface area contributed by atoms with Crippen LogP contribution >= 0.6 is 0 Å². The molecule has 10 heteroatoms. The molecule has 1 saturated heterocycles. The Kier molecular flexibility index (Phi) is 6.36. The van der Waals surface area contributed by atoms with Crippen molar-refractivity contribution in [2.75, 3.05) is 18.0 Å². The molecule has 0 atom stereocenters. The topological polar surface area (TPSA) is 91.3 Å². The number of rotatable bonds is 6. The van der Waals surface area contributed by atoms with Gasteiger partial charge in [0.05, 0.1) is 34.9 Å². The Morgan fingerprint density at radius 1 is 1.11 bits per heavy atom. The molecule has 5 rings (SSSR count). The Balaban J connectivity index is 1.18. The third kappa shape index (κ3) is 5.18. The number of benzene rings is 2. The average Bonchev–Trinajstić information content (AvgIpc) is 3.31. The lowest BCUT2D eigenvalue weighted by atomic mass is 10.1. The highest BCUT2D eigenvalue weighted by atomic mass is 19.4. The number of aromatic amines is 1. The van der Waals surface area contributed by atoms with E-state index in [-0.39, 0.29) is 11.7 Å². The summed E-state index contributed by atoms with van der Waals surface area (Å²) in [6.45, 7) is 1.88. The molecule has 4 aromatic rings. The number of fused-ring (bicyclic) bond motifs is 1. The number of hydrogen-bond acceptors (Lipinski definition) is 5. The van der Waals surface area contributed by atoms with E-state index in [1.165, 1.54) is 6.07 Å². The van der Waals surface area contributed by atoms with Gasteiger partial charge in [0.15, 0.2) is 0 Å². The van der Waals surface area contributed by atoms with E-state index in [0.717, 1.165) is 49.4 Å². The summed E-state index contributed by atoms with van der Waals surface area (Å²) in [4.78, 5) is 25.2. The van der Waals surface area contributed by atoms with Gasteiger partial charge in [-0.1, -0.05) is 12.1 Å². The molecule has 0 spiro atoms. The Morgan fingerprint density at radius 2 is 1.92 bits per heavy atom. The van der Waals surface area contributed by atoms with Gasteiger partial charge in [0.2, 0.25) is 0 Å². The number of halogens is 3. The van der Waals surface area contributed by atoms with Crippen molar-refractivity contribution in [3.8, 4) is 11.4 Å². The number of imidazole rings is 1. The van der Waals surface area contributed by atoms with Crippen molar-refractivity contribution in [2.45, 2.75) is 31.7 Å². The van der Waals surface area contributed by atoms with Gasteiger partial charge in [0, 0.05) is 24.8 Å². The van der Waals surface area contributed by atoms with Crippen LogP contribution in [0.25, 0.3) is 22.4 Å². The zero-order valence-electron chi connectivity index (χ0n) is 19.1. The molecule has 0 saturated carbocycles. The predicted octanol–water partition coefficient (Wildman–Crippen LogP) is 5.53. The highest BCUT2D eigenvalue weighted by Gasteiger charge is 2.30. The first-order valence-electron chi connectivity index (χ1n) is 11.5. The monoisotopic (exact) mass is 496 g/mol. The first kappa shape index (κ1) is 23.8. The number of carboxylic acid groups (broad SMARTS) is 1. The third-order valence-electron chi connectivity index (χ3n) is 6.26. The van der Waals surface area contributed by atoms with E-state index in [1.54, 1.807) is 24.4 Å². The van der Waals surface area contributed by atoms with E-state index in [0.29, 0.717) is 29.0 Å². The SMILES string of the molecule is O=C(O)c1cccc(COC2CCN(c3ccc(-c4nc5ccc(C(F)(F)F)cc5[nH]4)cn3)CC2)c1. The molecule has 0 unspecified atom stereocenters. The van der Waals surface area contributed by atoms with Crippen molar-refractivity contribution in [2.24, 2.45) is 0 Å². The molecular formula is C26H23F3N4O3. The Labute approximate surface area is 204 Å². The van der Waals surface area contributed by atoms with Crippen LogP contribution < -0.4 is 4.90 Å². The number of pyridine rings is 1. The molecule has 7 nitrogen and oxygen atoms in total. The summed E-state index contributed by atoms with van der Waals surface area (Å²) in [5.74, 6) is 0.309. The minimum Gasteiger partial charge on any atom is -0.478 e. The number of ether oxygens (including phenoxy) is 1. The van der Waals surface area contributed by atoms with Crippen LogP contribution in [0, 0.1) is 0 Å². The number of carboxylic acids is 1. The van der Waals surface area contributed by atoms with Crippen LogP contribution in [0.2, 0.25) is 0 Å². The minimum absolute atomic E-state index is 0.0751. The Morgan fingerprint density at radius 3 is 2.61 bits per heavy atom. The van der Waals surface area contributed by atoms with Gasteiger partial charge < -0.3 is 19.7 Å². The fraction of sp³-hybridized carbons (Fsp3) is 0.269. The van der Waals surface area contributed by atoms with Gasteiger partial charge in [0.1, 0.15) is 11.6 Å². The summed E-state index contributed by atoms with van der Waals surface area (Å²) in [5, 5.41) is 9.12. The molecule has 1 aliphatic heterocycles. The molecule has 0 bridgehead atoms. The number of anilines is 1. The van der Waals surface area contributed by atoms with Gasteiger partial charge >= 0.3 is 12.1 Å². The average molecular weight is 496 g/mol. The van der Waals surface area contributed by atoms with E-state index in [2.05, 4.69) is 19.9 Å². The summed E-state index contributed by atoms with van der Waals surface area (Å²) in [7, 11) is 0. The first-order valence-corrected chi connectivity index (χ1v) is 11.5. The lowest BCUT2D eigenvalue weighted by Gasteiger charge is -2.32. The zero-order valence-corrected chi connectivity index (χ0v) is 19.1. The van der Waals surface area contributed by atoms with Crippen LogP contribution in [0.3, 0.4) is 0 Å². The summed E-state index contributed by atoms with van der Waals surface area (Å²) in [5.41, 5.74) is 1.81. The molecule has 2 aromatic heterocycles. The second kappa shape index (κ2) is 9.62. The number of piperidine rings is 1. The maximum absolute atomic E-state index is 13.0. The summed E-state index contributed by atoms with van der Waals surface area (Å²) < 4.78 is 44.9. The molecule has 1 aliphatic rings. The van der Waals surface area contributed by atoms with Crippen LogP contribution in [0.5, 0.6) is 0 Å². The van der Waals surface area contributed by atoms with Crippen LogP contribution in [0.1, 0.15) is 34.3 Å². The van der Waals surface area contributed by atoms with E-state index in [4.69, 9.17) is 9.84 Å². The fourth-order valence-corrected chi connectivity index (χ4v) is 4.30. The normalized spacial score (nSPS) is 14.9. The molecule has 36 heavy (non-hydrogen) atoms. The summed E-state index contributed by atoms with van der Waals surface area (Å²) in [6.07, 6.45) is -1.05.